The van der Waals surface area contributed by atoms with Gasteiger partial charge in [-0.3, -0.25) is 0 Å². The maximum Gasteiger partial charge on any atom is 0.0125 e. The molecule has 0 aromatic carbocycles. The molecule has 0 heterocycles. The van der Waals surface area contributed by atoms with Crippen molar-refractivity contribution in [3.05, 3.63) is 0 Å². The van der Waals surface area contributed by atoms with Gasteiger partial charge in [-0.15, -0.1) is 0 Å². The van der Waals surface area contributed by atoms with E-state index in [0.29, 0.717) is 0 Å². The quantitative estimate of drug-likeness (QED) is 0.642. The Bertz CT molecular complexity index is 118. The summed E-state index contributed by atoms with van der Waals surface area (Å²) in [6, 6.07) is 0. The van der Waals surface area contributed by atoms with E-state index >= 15 is 0 Å². The Labute approximate surface area is 84.1 Å². The minimum Gasteiger partial charge on any atom is -0.325 e. The highest BCUT2D eigenvalue weighted by molar-refractivity contribution is 4.79. The lowest BCUT2D eigenvalue weighted by Gasteiger charge is -2.28. The minimum absolute atomic E-state index is 0.0639. The monoisotopic (exact) mass is 185 g/mol. The van der Waals surface area contributed by atoms with Crippen LogP contribution in [0.25, 0.3) is 0 Å². The summed E-state index contributed by atoms with van der Waals surface area (Å²) in [5.74, 6) is 0.842. The van der Waals surface area contributed by atoms with Crippen molar-refractivity contribution in [2.75, 3.05) is 0 Å². The van der Waals surface area contributed by atoms with Crippen molar-refractivity contribution in [1.29, 1.82) is 0 Å². The van der Waals surface area contributed by atoms with Crippen molar-refractivity contribution in [1.82, 2.24) is 0 Å². The molecular formula is C12H27N. The lowest BCUT2D eigenvalue weighted by atomic mass is 9.84. The maximum absolute atomic E-state index is 6.16. The topological polar surface area (TPSA) is 26.0 Å². The molecule has 0 bridgehead atoms. The number of hydrogen-bond acceptors (Lipinski definition) is 1. The van der Waals surface area contributed by atoms with Crippen LogP contribution >= 0.6 is 0 Å². The van der Waals surface area contributed by atoms with Crippen molar-refractivity contribution >= 4 is 0 Å². The van der Waals surface area contributed by atoms with Crippen LogP contribution in [-0.2, 0) is 0 Å². The molecular weight excluding hydrogens is 158 g/mol. The van der Waals surface area contributed by atoms with E-state index in [0.717, 1.165) is 12.3 Å². The number of rotatable bonds is 7. The molecule has 0 spiro atoms. The Balaban J connectivity index is 3.82. The second-order valence-corrected chi connectivity index (χ2v) is 4.63. The van der Waals surface area contributed by atoms with Crippen molar-refractivity contribution in [2.45, 2.75) is 71.8 Å². The van der Waals surface area contributed by atoms with E-state index in [2.05, 4.69) is 27.7 Å². The first kappa shape index (κ1) is 13.0. The van der Waals surface area contributed by atoms with Crippen LogP contribution in [0.4, 0.5) is 0 Å². The molecule has 0 saturated carbocycles. The molecule has 0 saturated heterocycles. The van der Waals surface area contributed by atoms with Crippen LogP contribution in [0, 0.1) is 5.92 Å². The fraction of sp³-hybridized carbons (Fsp3) is 1.00. The van der Waals surface area contributed by atoms with E-state index in [1.54, 1.807) is 0 Å². The normalized spacial score (nSPS) is 18.2. The van der Waals surface area contributed by atoms with Gasteiger partial charge in [0.25, 0.3) is 0 Å². The second-order valence-electron chi connectivity index (χ2n) is 4.63. The first-order valence-electron chi connectivity index (χ1n) is 5.84. The third-order valence-electron chi connectivity index (χ3n) is 3.11. The average molecular weight is 185 g/mol. The highest BCUT2D eigenvalue weighted by Crippen LogP contribution is 2.24. The van der Waals surface area contributed by atoms with Gasteiger partial charge in [0, 0.05) is 5.54 Å². The molecule has 0 aliphatic rings. The summed E-state index contributed by atoms with van der Waals surface area (Å²) in [5, 5.41) is 0. The molecule has 0 aromatic heterocycles. The van der Waals surface area contributed by atoms with Gasteiger partial charge in [-0.1, -0.05) is 46.5 Å². The molecule has 0 aliphatic heterocycles. The summed E-state index contributed by atoms with van der Waals surface area (Å²) < 4.78 is 0. The van der Waals surface area contributed by atoms with E-state index in [1.165, 1.54) is 32.1 Å². The zero-order valence-corrected chi connectivity index (χ0v) is 9.90. The average Bonchev–Trinajstić information content (AvgIpc) is 2.12. The van der Waals surface area contributed by atoms with Gasteiger partial charge >= 0.3 is 0 Å². The Morgan fingerprint density at radius 2 is 1.85 bits per heavy atom. The van der Waals surface area contributed by atoms with Gasteiger partial charge in [-0.2, -0.15) is 0 Å². The Morgan fingerprint density at radius 3 is 2.23 bits per heavy atom. The Hall–Kier alpha value is -0.0400. The summed E-state index contributed by atoms with van der Waals surface area (Å²) >= 11 is 0. The highest BCUT2D eigenvalue weighted by atomic mass is 14.7. The smallest absolute Gasteiger partial charge is 0.0125 e. The van der Waals surface area contributed by atoms with Crippen molar-refractivity contribution in [2.24, 2.45) is 11.7 Å². The zero-order chi connectivity index (χ0) is 10.3. The third-order valence-corrected chi connectivity index (χ3v) is 3.11. The first-order valence-corrected chi connectivity index (χ1v) is 5.84. The van der Waals surface area contributed by atoms with Gasteiger partial charge in [-0.25, -0.2) is 0 Å². The van der Waals surface area contributed by atoms with Gasteiger partial charge in [0.15, 0.2) is 0 Å². The molecule has 2 atom stereocenters. The SMILES string of the molecule is CCCCC(CC)CC(C)(N)CC. The summed E-state index contributed by atoms with van der Waals surface area (Å²) in [6.45, 7) is 8.91. The Kier molecular flexibility index (Phi) is 6.40. The standard InChI is InChI=1S/C12H27N/c1-5-8-9-11(6-2)10-12(4,13)7-3/h11H,5-10,13H2,1-4H3. The lowest BCUT2D eigenvalue weighted by Crippen LogP contribution is -2.37. The fourth-order valence-corrected chi connectivity index (χ4v) is 1.75. The van der Waals surface area contributed by atoms with E-state index in [1.807, 2.05) is 0 Å². The predicted molar refractivity (Wildman–Crippen MR) is 60.8 cm³/mol. The molecule has 0 amide bonds. The molecule has 13 heavy (non-hydrogen) atoms. The zero-order valence-electron chi connectivity index (χ0n) is 9.90. The summed E-state index contributed by atoms with van der Waals surface area (Å²) in [6.07, 6.45) is 7.60. The second kappa shape index (κ2) is 6.42. The molecule has 0 aromatic rings. The van der Waals surface area contributed by atoms with Crippen LogP contribution in [-0.4, -0.2) is 5.54 Å². The fourth-order valence-electron chi connectivity index (χ4n) is 1.75. The molecule has 0 fully saturated rings. The maximum atomic E-state index is 6.16. The van der Waals surface area contributed by atoms with Gasteiger partial charge in [0.05, 0.1) is 0 Å². The molecule has 0 aliphatic carbocycles. The van der Waals surface area contributed by atoms with E-state index in [-0.39, 0.29) is 5.54 Å². The van der Waals surface area contributed by atoms with E-state index < -0.39 is 0 Å². The van der Waals surface area contributed by atoms with Crippen LogP contribution in [0.5, 0.6) is 0 Å². The van der Waals surface area contributed by atoms with E-state index in [4.69, 9.17) is 5.73 Å². The van der Waals surface area contributed by atoms with Crippen LogP contribution in [0.15, 0.2) is 0 Å². The number of unbranched alkanes of at least 4 members (excludes halogenated alkanes) is 1. The Morgan fingerprint density at radius 1 is 1.23 bits per heavy atom. The van der Waals surface area contributed by atoms with Crippen LogP contribution < -0.4 is 5.73 Å². The number of nitrogens with two attached hydrogens (primary N) is 1. The van der Waals surface area contributed by atoms with Gasteiger partial charge < -0.3 is 5.73 Å². The van der Waals surface area contributed by atoms with Crippen LogP contribution in [0.1, 0.15) is 66.2 Å². The van der Waals surface area contributed by atoms with Gasteiger partial charge in [-0.05, 0) is 25.7 Å². The molecule has 2 unspecified atom stereocenters. The largest absolute Gasteiger partial charge is 0.325 e. The van der Waals surface area contributed by atoms with Crippen molar-refractivity contribution in [3.8, 4) is 0 Å². The van der Waals surface area contributed by atoms with Gasteiger partial charge in [0.1, 0.15) is 0 Å². The lowest BCUT2D eigenvalue weighted by molar-refractivity contribution is 0.304. The third kappa shape index (κ3) is 6.09. The molecule has 2 N–H and O–H groups in total. The molecule has 1 heteroatoms. The molecule has 0 rings (SSSR count). The number of hydrogen-bond donors (Lipinski definition) is 1. The predicted octanol–water partition coefficient (Wildman–Crippen LogP) is 3.72. The van der Waals surface area contributed by atoms with Crippen LogP contribution in [0.3, 0.4) is 0 Å². The van der Waals surface area contributed by atoms with Gasteiger partial charge in [0.2, 0.25) is 0 Å². The van der Waals surface area contributed by atoms with E-state index in [9.17, 15) is 0 Å². The minimum atomic E-state index is 0.0639. The highest BCUT2D eigenvalue weighted by Gasteiger charge is 2.20. The van der Waals surface area contributed by atoms with Crippen molar-refractivity contribution < 1.29 is 0 Å². The molecule has 1 nitrogen and oxygen atoms in total. The molecule has 80 valence electrons. The molecule has 0 radical (unpaired) electrons. The summed E-state index contributed by atoms with van der Waals surface area (Å²) in [5.41, 5.74) is 6.23. The first-order chi connectivity index (χ1) is 6.05. The summed E-state index contributed by atoms with van der Waals surface area (Å²) in [4.78, 5) is 0. The van der Waals surface area contributed by atoms with Crippen LogP contribution in [0.2, 0.25) is 0 Å². The summed E-state index contributed by atoms with van der Waals surface area (Å²) in [7, 11) is 0. The van der Waals surface area contributed by atoms with Crippen molar-refractivity contribution in [3.63, 3.8) is 0 Å².